The molecule has 1 radical (unpaired) electrons. The summed E-state index contributed by atoms with van der Waals surface area (Å²) in [7, 11) is 4.71. The quantitative estimate of drug-likeness (QED) is 0.683. The van der Waals surface area contributed by atoms with Crippen molar-refractivity contribution in [3.63, 3.8) is 0 Å². The van der Waals surface area contributed by atoms with Crippen molar-refractivity contribution in [3.8, 4) is 17.2 Å². The normalized spacial score (nSPS) is 9.25. The zero-order valence-corrected chi connectivity index (χ0v) is 7.38. The summed E-state index contributed by atoms with van der Waals surface area (Å²) in [6, 6.07) is 6.37. The van der Waals surface area contributed by atoms with Crippen molar-refractivity contribution >= 4 is 0 Å². The van der Waals surface area contributed by atoms with Gasteiger partial charge in [0.25, 0.3) is 0 Å². The van der Waals surface area contributed by atoms with E-state index in [1.165, 1.54) is 0 Å². The van der Waals surface area contributed by atoms with Gasteiger partial charge in [0.1, 0.15) is 0 Å². The fraction of sp³-hybridized carbons (Fsp3) is 0.333. The lowest BCUT2D eigenvalue weighted by molar-refractivity contribution is 0.324. The summed E-state index contributed by atoms with van der Waals surface area (Å²) in [5.74, 6) is 1.77. The maximum Gasteiger partial charge on any atom is 0.203 e. The smallest absolute Gasteiger partial charge is 0.203 e. The highest BCUT2D eigenvalue weighted by molar-refractivity contribution is 5.50. The predicted octanol–water partition coefficient (Wildman–Crippen LogP) is 1.51. The van der Waals surface area contributed by atoms with Gasteiger partial charge in [-0.3, -0.25) is 0 Å². The summed E-state index contributed by atoms with van der Waals surface area (Å²) in [5, 5.41) is 0. The molecule has 0 aliphatic heterocycles. The van der Waals surface area contributed by atoms with Crippen molar-refractivity contribution in [2.45, 2.75) is 0 Å². The predicted molar refractivity (Wildman–Crippen MR) is 44.9 cm³/mol. The van der Waals surface area contributed by atoms with Gasteiger partial charge in [0.05, 0.1) is 21.3 Å². The molecule has 3 nitrogen and oxygen atoms in total. The molecule has 0 unspecified atom stereocenters. The van der Waals surface area contributed by atoms with Crippen LogP contribution in [0.1, 0.15) is 0 Å². The SMILES string of the molecule is COc1[c]ccc(OC)c1OC. The van der Waals surface area contributed by atoms with Gasteiger partial charge >= 0.3 is 0 Å². The molecule has 0 spiro atoms. The summed E-state index contributed by atoms with van der Waals surface area (Å²) in [6.07, 6.45) is 0. The highest BCUT2D eigenvalue weighted by Gasteiger charge is 2.08. The molecule has 0 saturated carbocycles. The molecule has 0 saturated heterocycles. The van der Waals surface area contributed by atoms with Crippen LogP contribution in [0.2, 0.25) is 0 Å². The Morgan fingerprint density at radius 1 is 1.08 bits per heavy atom. The fourth-order valence-corrected chi connectivity index (χ4v) is 0.952. The maximum atomic E-state index is 5.08. The van der Waals surface area contributed by atoms with Gasteiger partial charge in [-0.05, 0) is 12.1 Å². The number of hydrogen-bond acceptors (Lipinski definition) is 3. The molecule has 0 aliphatic carbocycles. The topological polar surface area (TPSA) is 27.7 Å². The Bertz CT molecular complexity index is 236. The van der Waals surface area contributed by atoms with Gasteiger partial charge in [-0.25, -0.2) is 0 Å². The van der Waals surface area contributed by atoms with Gasteiger partial charge in [-0.15, -0.1) is 0 Å². The molecule has 0 N–H and O–H groups in total. The maximum absolute atomic E-state index is 5.08. The molecule has 12 heavy (non-hydrogen) atoms. The van der Waals surface area contributed by atoms with Crippen LogP contribution < -0.4 is 14.2 Å². The fourth-order valence-electron chi connectivity index (χ4n) is 0.952. The van der Waals surface area contributed by atoms with E-state index in [1.54, 1.807) is 33.5 Å². The third-order valence-corrected chi connectivity index (χ3v) is 1.51. The minimum atomic E-state index is 0.553. The third kappa shape index (κ3) is 1.44. The van der Waals surface area contributed by atoms with Gasteiger partial charge in [0.2, 0.25) is 5.75 Å². The molecule has 1 aromatic rings. The number of benzene rings is 1. The van der Waals surface area contributed by atoms with E-state index in [9.17, 15) is 0 Å². The lowest BCUT2D eigenvalue weighted by Crippen LogP contribution is -1.93. The Morgan fingerprint density at radius 2 is 1.83 bits per heavy atom. The first kappa shape index (κ1) is 8.71. The van der Waals surface area contributed by atoms with Crippen LogP contribution in [0.4, 0.5) is 0 Å². The van der Waals surface area contributed by atoms with E-state index in [0.717, 1.165) is 0 Å². The summed E-state index contributed by atoms with van der Waals surface area (Å²) in [4.78, 5) is 0. The molecule has 1 rings (SSSR count). The van der Waals surface area contributed by atoms with Gasteiger partial charge in [0, 0.05) is 6.07 Å². The van der Waals surface area contributed by atoms with Crippen LogP contribution in [0, 0.1) is 6.07 Å². The van der Waals surface area contributed by atoms with E-state index in [2.05, 4.69) is 6.07 Å². The second-order valence-electron chi connectivity index (χ2n) is 2.11. The van der Waals surface area contributed by atoms with E-state index < -0.39 is 0 Å². The third-order valence-electron chi connectivity index (χ3n) is 1.51. The lowest BCUT2D eigenvalue weighted by Gasteiger charge is -2.10. The summed E-state index contributed by atoms with van der Waals surface area (Å²) >= 11 is 0. The van der Waals surface area contributed by atoms with Crippen molar-refractivity contribution in [1.82, 2.24) is 0 Å². The molecule has 0 amide bonds. The van der Waals surface area contributed by atoms with E-state index in [-0.39, 0.29) is 0 Å². The van der Waals surface area contributed by atoms with E-state index >= 15 is 0 Å². The summed E-state index contributed by atoms with van der Waals surface area (Å²) in [5.41, 5.74) is 0. The van der Waals surface area contributed by atoms with Crippen molar-refractivity contribution in [2.75, 3.05) is 21.3 Å². The van der Waals surface area contributed by atoms with Crippen LogP contribution in [0.5, 0.6) is 17.2 Å². The minimum absolute atomic E-state index is 0.553. The van der Waals surface area contributed by atoms with E-state index in [4.69, 9.17) is 14.2 Å². The Labute approximate surface area is 71.9 Å². The molecule has 0 heterocycles. The highest BCUT2D eigenvalue weighted by atomic mass is 16.5. The van der Waals surface area contributed by atoms with Crippen molar-refractivity contribution in [2.24, 2.45) is 0 Å². The molecule has 1 aromatic carbocycles. The van der Waals surface area contributed by atoms with Crippen LogP contribution in [-0.4, -0.2) is 21.3 Å². The van der Waals surface area contributed by atoms with Gasteiger partial charge in [-0.1, -0.05) is 0 Å². The zero-order valence-electron chi connectivity index (χ0n) is 7.38. The number of ether oxygens (including phenoxy) is 3. The molecular formula is C9H11O3. The first-order valence-corrected chi connectivity index (χ1v) is 3.50. The minimum Gasteiger partial charge on any atom is -0.493 e. The number of rotatable bonds is 3. The van der Waals surface area contributed by atoms with Crippen molar-refractivity contribution < 1.29 is 14.2 Å². The largest absolute Gasteiger partial charge is 0.493 e. The van der Waals surface area contributed by atoms with Crippen molar-refractivity contribution in [3.05, 3.63) is 18.2 Å². The van der Waals surface area contributed by atoms with Gasteiger partial charge in [-0.2, -0.15) is 0 Å². The van der Waals surface area contributed by atoms with Gasteiger partial charge in [0.15, 0.2) is 11.5 Å². The average Bonchev–Trinajstić information content (AvgIpc) is 2.16. The van der Waals surface area contributed by atoms with Crippen LogP contribution in [0.15, 0.2) is 12.1 Å². The number of methoxy groups -OCH3 is 3. The first-order chi connectivity index (χ1) is 5.83. The first-order valence-electron chi connectivity index (χ1n) is 3.50. The summed E-state index contributed by atoms with van der Waals surface area (Å²) in [6.45, 7) is 0. The molecule has 0 aliphatic rings. The second-order valence-corrected chi connectivity index (χ2v) is 2.11. The van der Waals surface area contributed by atoms with Crippen LogP contribution in [0.25, 0.3) is 0 Å². The molecule has 65 valence electrons. The van der Waals surface area contributed by atoms with Crippen LogP contribution >= 0.6 is 0 Å². The second kappa shape index (κ2) is 3.85. The van der Waals surface area contributed by atoms with Crippen molar-refractivity contribution in [1.29, 1.82) is 0 Å². The zero-order chi connectivity index (χ0) is 8.97. The van der Waals surface area contributed by atoms with Gasteiger partial charge < -0.3 is 14.2 Å². The van der Waals surface area contributed by atoms with Crippen LogP contribution in [0.3, 0.4) is 0 Å². The van der Waals surface area contributed by atoms with E-state index in [0.29, 0.717) is 17.2 Å². The standard InChI is InChI=1S/C9H11O3/c1-10-7-5-4-6-8(11-2)9(7)12-3/h4-5H,1-3H3. The molecule has 0 aromatic heterocycles. The van der Waals surface area contributed by atoms with E-state index in [1.807, 2.05) is 0 Å². The molecule has 3 heteroatoms. The highest BCUT2D eigenvalue weighted by Crippen LogP contribution is 2.35. The Balaban J connectivity index is 3.13. The molecule has 0 fully saturated rings. The number of hydrogen-bond donors (Lipinski definition) is 0. The Hall–Kier alpha value is -1.38. The summed E-state index contributed by atoms with van der Waals surface area (Å²) < 4.78 is 15.1. The molecule has 0 bridgehead atoms. The lowest BCUT2D eigenvalue weighted by atomic mass is 10.3. The van der Waals surface area contributed by atoms with Crippen LogP contribution in [-0.2, 0) is 0 Å². The monoisotopic (exact) mass is 167 g/mol. The molecule has 0 atom stereocenters. The Kier molecular flexibility index (Phi) is 2.80. The molecular weight excluding hydrogens is 156 g/mol. The Morgan fingerprint density at radius 3 is 2.33 bits per heavy atom. The average molecular weight is 167 g/mol.